The molecule has 38 heavy (non-hydrogen) atoms. The molecule has 5 aliphatic rings. The molecule has 0 bridgehead atoms. The van der Waals surface area contributed by atoms with E-state index in [1.165, 1.54) is 6.39 Å². The predicted octanol–water partition coefficient (Wildman–Crippen LogP) is 6.89. The van der Waals surface area contributed by atoms with Crippen LogP contribution >= 0.6 is 0 Å². The molecule has 3 saturated carbocycles. The van der Waals surface area contributed by atoms with Crippen LogP contribution in [-0.4, -0.2) is 21.8 Å². The number of rotatable bonds is 1. The number of nitrogens with zero attached hydrogens (tertiary/aromatic N) is 3. The molecular weight excluding hydrogens is 474 g/mol. The molecule has 2 unspecified atom stereocenters. The van der Waals surface area contributed by atoms with Gasteiger partial charge in [-0.05, 0) is 79.1 Å². The van der Waals surface area contributed by atoms with Crippen LogP contribution < -0.4 is 0 Å². The Labute approximate surface area is 226 Å². The van der Waals surface area contributed by atoms with Crippen molar-refractivity contribution in [3.8, 4) is 0 Å². The van der Waals surface area contributed by atoms with Crippen LogP contribution in [0.15, 0.2) is 34.2 Å². The summed E-state index contributed by atoms with van der Waals surface area (Å²) in [4.78, 5) is 31.4. The zero-order chi connectivity index (χ0) is 27.5. The van der Waals surface area contributed by atoms with E-state index in [9.17, 15) is 9.59 Å². The lowest BCUT2D eigenvalue weighted by atomic mass is 9.34. The smallest absolute Gasteiger partial charge is 0.226 e. The summed E-state index contributed by atoms with van der Waals surface area (Å²) in [5, 5.41) is 8.50. The zero-order valence-corrected chi connectivity index (χ0v) is 24.0. The Morgan fingerprint density at radius 1 is 1.00 bits per heavy atom. The Bertz CT molecular complexity index is 1330. The van der Waals surface area contributed by atoms with E-state index in [1.807, 2.05) is 26.0 Å². The summed E-state index contributed by atoms with van der Waals surface area (Å²) < 4.78 is 5.91. The first-order valence-electron chi connectivity index (χ1n) is 14.3. The van der Waals surface area contributed by atoms with Gasteiger partial charge in [0.15, 0.2) is 11.6 Å². The summed E-state index contributed by atoms with van der Waals surface area (Å²) in [7, 11) is 0. The first kappa shape index (κ1) is 25.7. The summed E-state index contributed by atoms with van der Waals surface area (Å²) >= 11 is 0. The van der Waals surface area contributed by atoms with E-state index in [4.69, 9.17) is 11.0 Å². The van der Waals surface area contributed by atoms with Gasteiger partial charge in [0.05, 0.1) is 12.0 Å². The van der Waals surface area contributed by atoms with Crippen molar-refractivity contribution in [2.24, 2.45) is 44.8 Å². The second-order valence-corrected chi connectivity index (χ2v) is 15.1. The van der Waals surface area contributed by atoms with E-state index in [0.717, 1.165) is 50.5 Å². The van der Waals surface area contributed by atoms with Crippen LogP contribution in [-0.2, 0) is 15.0 Å². The molecule has 0 saturated heterocycles. The maximum atomic E-state index is 14.5. The van der Waals surface area contributed by atoms with E-state index in [-0.39, 0.29) is 56.7 Å². The van der Waals surface area contributed by atoms with Crippen LogP contribution in [0, 0.1) is 51.4 Å². The van der Waals surface area contributed by atoms with Gasteiger partial charge in [-0.3, -0.25) is 4.79 Å². The lowest BCUT2D eigenvalue weighted by Gasteiger charge is -2.69. The molecule has 3 fully saturated rings. The van der Waals surface area contributed by atoms with Crippen LogP contribution in [0.4, 0.5) is 0 Å². The van der Waals surface area contributed by atoms with E-state index < -0.39 is 10.8 Å². The molecule has 0 radical (unpaired) electrons. The Morgan fingerprint density at radius 3 is 2.37 bits per heavy atom. The highest BCUT2D eigenvalue weighted by molar-refractivity contribution is 6.03. The first-order chi connectivity index (χ1) is 17.7. The molecule has 0 aliphatic heterocycles. The second kappa shape index (κ2) is 7.55. The van der Waals surface area contributed by atoms with Gasteiger partial charge in [0.2, 0.25) is 18.0 Å². The molecule has 1 aromatic heterocycles. The molecule has 5 aliphatic carbocycles. The van der Waals surface area contributed by atoms with Gasteiger partial charge in [0.25, 0.3) is 0 Å². The molecular formula is C32H41N3O3. The minimum atomic E-state index is -0.639. The van der Waals surface area contributed by atoms with Crippen molar-refractivity contribution in [2.45, 2.75) is 98.8 Å². The van der Waals surface area contributed by atoms with Gasteiger partial charge in [-0.25, -0.2) is 4.85 Å². The number of allylic oxidation sites excluding steroid dienone is 4. The summed E-state index contributed by atoms with van der Waals surface area (Å²) in [6.45, 7) is 23.3. The molecule has 0 aromatic carbocycles. The van der Waals surface area contributed by atoms with Crippen molar-refractivity contribution in [3.63, 3.8) is 0 Å². The number of fused-ring (bicyclic) bond motifs is 7. The van der Waals surface area contributed by atoms with Crippen LogP contribution in [0.5, 0.6) is 0 Å². The lowest BCUT2D eigenvalue weighted by molar-refractivity contribution is -0.161. The Kier molecular flexibility index (Phi) is 5.11. The average Bonchev–Trinajstić information content (AvgIpc) is 3.38. The third-order valence-corrected chi connectivity index (χ3v) is 12.6. The molecule has 0 amide bonds. The van der Waals surface area contributed by atoms with Crippen molar-refractivity contribution in [1.29, 1.82) is 0 Å². The highest BCUT2D eigenvalue weighted by Crippen LogP contribution is 2.74. The van der Waals surface area contributed by atoms with Crippen molar-refractivity contribution in [3.05, 3.63) is 47.1 Å². The highest BCUT2D eigenvalue weighted by atomic mass is 16.4. The fraction of sp³-hybridized carbons (Fsp3) is 0.719. The summed E-state index contributed by atoms with van der Waals surface area (Å²) in [5.74, 6) is 0.934. The van der Waals surface area contributed by atoms with Crippen LogP contribution in [0.2, 0.25) is 0 Å². The second-order valence-electron chi connectivity index (χ2n) is 15.1. The number of ketones is 2. The van der Waals surface area contributed by atoms with Crippen molar-refractivity contribution in [2.75, 3.05) is 0 Å². The number of Topliss-reactive ketones (excluding diaryl/α,β-unsaturated/α-hetero) is 1. The number of carbonyl (C=O) groups excluding carboxylic acids is 2. The number of aromatic nitrogens is 2. The van der Waals surface area contributed by atoms with Gasteiger partial charge in [0, 0.05) is 16.7 Å². The quantitative estimate of drug-likeness (QED) is 0.381. The molecule has 1 aromatic rings. The Morgan fingerprint density at radius 2 is 1.71 bits per heavy atom. The minimum absolute atomic E-state index is 0.0585. The molecule has 6 rings (SSSR count). The maximum Gasteiger partial charge on any atom is 0.226 e. The Balaban J connectivity index is 1.54. The standard InChI is InChI=1S/C32H41N3O3/c1-27(2)11-13-32(26-35-34-18-38-26)14-12-31(7)24(19(32)16-27)21(36)15-23-29(5)17-20(33-8)25(37)28(3,4)22(29)9-10-30(23,31)6/h15,17-19,22,24H,9-14,16H2,1-7H3/t19?,22-,24?,29-,30+,31+,32-/m0/s1. The van der Waals surface area contributed by atoms with E-state index in [1.54, 1.807) is 0 Å². The molecule has 0 N–H and O–H groups in total. The number of hydrogen-bond acceptors (Lipinski definition) is 5. The Hall–Kier alpha value is -2.55. The fourth-order valence-corrected chi connectivity index (χ4v) is 10.4. The van der Waals surface area contributed by atoms with Crippen molar-refractivity contribution >= 4 is 11.6 Å². The van der Waals surface area contributed by atoms with Crippen LogP contribution in [0.1, 0.15) is 99.3 Å². The van der Waals surface area contributed by atoms with Gasteiger partial charge in [-0.1, -0.05) is 60.1 Å². The van der Waals surface area contributed by atoms with Gasteiger partial charge in [-0.2, -0.15) is 0 Å². The van der Waals surface area contributed by atoms with E-state index >= 15 is 0 Å². The largest absolute Gasteiger partial charge is 0.427 e. The minimum Gasteiger partial charge on any atom is -0.427 e. The number of hydrogen-bond donors (Lipinski definition) is 0. The van der Waals surface area contributed by atoms with E-state index in [2.05, 4.69) is 49.7 Å². The molecule has 1 heterocycles. The summed E-state index contributed by atoms with van der Waals surface area (Å²) in [5.41, 5.74) is -0.326. The van der Waals surface area contributed by atoms with E-state index in [0.29, 0.717) is 5.89 Å². The average molecular weight is 516 g/mol. The zero-order valence-electron chi connectivity index (χ0n) is 24.0. The topological polar surface area (TPSA) is 77.4 Å². The highest BCUT2D eigenvalue weighted by Gasteiger charge is 2.70. The third kappa shape index (κ3) is 2.94. The SMILES string of the molecule is [C-]#[N+]C1=C[C@]2(C)C3=CC(=O)C4C5CC(C)(C)CC[C@]5(c5nnco5)CC[C@@]4(C)[C@]3(C)CC[C@H]2C(C)(C)C1=O. The lowest BCUT2D eigenvalue weighted by Crippen LogP contribution is -2.65. The molecule has 0 spiro atoms. The summed E-state index contributed by atoms with van der Waals surface area (Å²) in [6, 6.07) is 0. The van der Waals surface area contributed by atoms with Crippen molar-refractivity contribution in [1.82, 2.24) is 10.2 Å². The maximum absolute atomic E-state index is 14.5. The van der Waals surface area contributed by atoms with Gasteiger partial charge >= 0.3 is 0 Å². The van der Waals surface area contributed by atoms with Gasteiger partial charge in [-0.15, -0.1) is 10.2 Å². The normalized spacial score (nSPS) is 44.9. The van der Waals surface area contributed by atoms with Gasteiger partial charge in [0.1, 0.15) is 0 Å². The van der Waals surface area contributed by atoms with Crippen molar-refractivity contribution < 1.29 is 14.0 Å². The fourth-order valence-electron chi connectivity index (χ4n) is 10.4. The summed E-state index contributed by atoms with van der Waals surface area (Å²) in [6.07, 6.45) is 12.0. The monoisotopic (exact) mass is 515 g/mol. The predicted molar refractivity (Wildman–Crippen MR) is 143 cm³/mol. The number of carbonyl (C=O) groups is 2. The molecule has 6 nitrogen and oxygen atoms in total. The molecule has 7 atom stereocenters. The first-order valence-corrected chi connectivity index (χ1v) is 14.3. The molecule has 6 heteroatoms. The van der Waals surface area contributed by atoms with Crippen LogP contribution in [0.3, 0.4) is 0 Å². The third-order valence-electron chi connectivity index (χ3n) is 12.6. The molecule has 202 valence electrons. The van der Waals surface area contributed by atoms with Gasteiger partial charge < -0.3 is 9.21 Å². The van der Waals surface area contributed by atoms with Crippen LogP contribution in [0.25, 0.3) is 4.85 Å².